The molecule has 0 amide bonds. The molecule has 0 bridgehead atoms. The molecular formula is C11H16N2. The van der Waals surface area contributed by atoms with E-state index in [1.165, 1.54) is 5.57 Å². The Bertz CT molecular complexity index is 280. The fourth-order valence-corrected chi connectivity index (χ4v) is 1.20. The Morgan fingerprint density at radius 1 is 1.54 bits per heavy atom. The van der Waals surface area contributed by atoms with Crippen LogP contribution in [0.1, 0.15) is 20.8 Å². The Balaban J connectivity index is 2.56. The Hall–Kier alpha value is -1.18. The topological polar surface area (TPSA) is 24.7 Å². The van der Waals surface area contributed by atoms with Gasteiger partial charge in [0.05, 0.1) is 12.3 Å². The molecule has 0 spiro atoms. The third-order valence-electron chi connectivity index (χ3n) is 2.03. The van der Waals surface area contributed by atoms with Crippen molar-refractivity contribution in [1.29, 1.82) is 0 Å². The fraction of sp³-hybridized carbons (Fsp3) is 0.455. The first-order valence-electron chi connectivity index (χ1n) is 4.63. The zero-order valence-electron chi connectivity index (χ0n) is 8.49. The number of aliphatic imine (C=N–C) groups is 2. The van der Waals surface area contributed by atoms with Crippen LogP contribution in [0.25, 0.3) is 0 Å². The van der Waals surface area contributed by atoms with Crippen molar-refractivity contribution in [1.82, 2.24) is 0 Å². The summed E-state index contributed by atoms with van der Waals surface area (Å²) in [6, 6.07) is 0. The van der Waals surface area contributed by atoms with Gasteiger partial charge in [-0.25, -0.2) is 4.99 Å². The van der Waals surface area contributed by atoms with E-state index < -0.39 is 0 Å². The molecule has 0 N–H and O–H groups in total. The van der Waals surface area contributed by atoms with E-state index in [4.69, 9.17) is 0 Å². The summed E-state index contributed by atoms with van der Waals surface area (Å²) in [5, 5.41) is 0. The van der Waals surface area contributed by atoms with Crippen molar-refractivity contribution in [3.63, 3.8) is 0 Å². The Morgan fingerprint density at radius 3 is 2.77 bits per heavy atom. The highest BCUT2D eigenvalue weighted by Crippen LogP contribution is 2.10. The van der Waals surface area contributed by atoms with Gasteiger partial charge in [0, 0.05) is 0 Å². The second kappa shape index (κ2) is 4.75. The summed E-state index contributed by atoms with van der Waals surface area (Å²) in [6.07, 6.45) is 7.92. The largest absolute Gasteiger partial charge is 0.267 e. The molecular weight excluding hydrogens is 160 g/mol. The fourth-order valence-electron chi connectivity index (χ4n) is 1.20. The number of hydrogen-bond donors (Lipinski definition) is 0. The molecule has 2 heteroatoms. The van der Waals surface area contributed by atoms with Crippen LogP contribution >= 0.6 is 0 Å². The maximum Gasteiger partial charge on any atom is 0.110 e. The van der Waals surface area contributed by atoms with Crippen LogP contribution in [0.4, 0.5) is 0 Å². The zero-order chi connectivity index (χ0) is 9.68. The number of hydrogen-bond acceptors (Lipinski definition) is 2. The van der Waals surface area contributed by atoms with E-state index in [0.29, 0.717) is 5.92 Å². The van der Waals surface area contributed by atoms with Gasteiger partial charge in [0.2, 0.25) is 0 Å². The van der Waals surface area contributed by atoms with Gasteiger partial charge in [-0.15, -0.1) is 0 Å². The van der Waals surface area contributed by atoms with Gasteiger partial charge in [0.1, 0.15) is 6.34 Å². The molecule has 2 nitrogen and oxygen atoms in total. The van der Waals surface area contributed by atoms with E-state index >= 15 is 0 Å². The Labute approximate surface area is 79.8 Å². The highest BCUT2D eigenvalue weighted by molar-refractivity contribution is 6.04. The summed E-state index contributed by atoms with van der Waals surface area (Å²) in [7, 11) is 0. The van der Waals surface area contributed by atoms with Crippen molar-refractivity contribution in [2.75, 3.05) is 6.54 Å². The van der Waals surface area contributed by atoms with Crippen molar-refractivity contribution in [2.24, 2.45) is 15.9 Å². The van der Waals surface area contributed by atoms with Gasteiger partial charge in [-0.05, 0) is 24.5 Å². The second-order valence-electron chi connectivity index (χ2n) is 3.35. The standard InChI is InChI=1S/C11H16N2/c1-4-10(9(2)3)5-6-11-7-12-8-13-11/h4-6,8-9H,7H2,1-3H3/b6-5-,10-4+. The smallest absolute Gasteiger partial charge is 0.110 e. The van der Waals surface area contributed by atoms with Crippen LogP contribution in [0.15, 0.2) is 33.8 Å². The quantitative estimate of drug-likeness (QED) is 0.590. The van der Waals surface area contributed by atoms with Crippen LogP contribution in [-0.4, -0.2) is 18.6 Å². The van der Waals surface area contributed by atoms with E-state index in [0.717, 1.165) is 12.3 Å². The first kappa shape index (κ1) is 9.90. The highest BCUT2D eigenvalue weighted by Gasteiger charge is 1.99. The Morgan fingerprint density at radius 2 is 2.31 bits per heavy atom. The van der Waals surface area contributed by atoms with E-state index in [1.807, 2.05) is 6.08 Å². The maximum absolute atomic E-state index is 4.11. The lowest BCUT2D eigenvalue weighted by atomic mass is 10.0. The molecule has 0 fully saturated rings. The van der Waals surface area contributed by atoms with Crippen LogP contribution in [0.5, 0.6) is 0 Å². The number of rotatable bonds is 3. The average molecular weight is 176 g/mol. The van der Waals surface area contributed by atoms with Crippen LogP contribution in [0, 0.1) is 5.92 Å². The molecule has 1 rings (SSSR count). The minimum absolute atomic E-state index is 0.573. The third-order valence-corrected chi connectivity index (χ3v) is 2.03. The summed E-state index contributed by atoms with van der Waals surface area (Å²) in [5.41, 5.74) is 2.38. The van der Waals surface area contributed by atoms with Crippen molar-refractivity contribution in [3.05, 3.63) is 23.8 Å². The molecule has 1 aliphatic heterocycles. The molecule has 0 saturated heterocycles. The van der Waals surface area contributed by atoms with Crippen LogP contribution in [-0.2, 0) is 0 Å². The van der Waals surface area contributed by atoms with Gasteiger partial charge in [0.25, 0.3) is 0 Å². The molecule has 0 aliphatic carbocycles. The molecule has 70 valence electrons. The predicted molar refractivity (Wildman–Crippen MR) is 58.5 cm³/mol. The minimum Gasteiger partial charge on any atom is -0.267 e. The molecule has 0 aromatic carbocycles. The Kier molecular flexibility index (Phi) is 3.62. The van der Waals surface area contributed by atoms with Gasteiger partial charge >= 0.3 is 0 Å². The monoisotopic (exact) mass is 176 g/mol. The highest BCUT2D eigenvalue weighted by atomic mass is 14.9. The normalized spacial score (nSPS) is 17.5. The molecule has 0 aromatic rings. The average Bonchev–Trinajstić information content (AvgIpc) is 2.57. The molecule has 1 heterocycles. The number of allylic oxidation sites excluding steroid dienone is 3. The summed E-state index contributed by atoms with van der Waals surface area (Å²) >= 11 is 0. The first-order valence-corrected chi connectivity index (χ1v) is 4.63. The second-order valence-corrected chi connectivity index (χ2v) is 3.35. The summed E-state index contributed by atoms with van der Waals surface area (Å²) < 4.78 is 0. The summed E-state index contributed by atoms with van der Waals surface area (Å²) in [6.45, 7) is 7.16. The number of nitrogens with zero attached hydrogens (tertiary/aromatic N) is 2. The van der Waals surface area contributed by atoms with Gasteiger partial charge in [0.15, 0.2) is 0 Å². The third kappa shape index (κ3) is 2.98. The SMILES string of the molecule is C/C=C(\C=C/C1=NC=NC1)C(C)C. The lowest BCUT2D eigenvalue weighted by Gasteiger charge is -2.04. The first-order chi connectivity index (χ1) is 6.24. The predicted octanol–water partition coefficient (Wildman–Crippen LogP) is 2.63. The van der Waals surface area contributed by atoms with Crippen LogP contribution < -0.4 is 0 Å². The maximum atomic E-state index is 4.11. The molecule has 1 aliphatic rings. The van der Waals surface area contributed by atoms with Crippen molar-refractivity contribution in [3.8, 4) is 0 Å². The molecule has 0 saturated carbocycles. The van der Waals surface area contributed by atoms with Crippen LogP contribution in [0.3, 0.4) is 0 Å². The van der Waals surface area contributed by atoms with Crippen molar-refractivity contribution >= 4 is 12.1 Å². The van der Waals surface area contributed by atoms with E-state index in [2.05, 4.69) is 42.9 Å². The minimum atomic E-state index is 0.573. The molecule has 0 radical (unpaired) electrons. The van der Waals surface area contributed by atoms with E-state index in [9.17, 15) is 0 Å². The molecule has 13 heavy (non-hydrogen) atoms. The molecule has 0 unspecified atom stereocenters. The summed E-state index contributed by atoms with van der Waals surface area (Å²) in [4.78, 5) is 8.13. The van der Waals surface area contributed by atoms with Crippen molar-refractivity contribution < 1.29 is 0 Å². The van der Waals surface area contributed by atoms with E-state index in [-0.39, 0.29) is 0 Å². The van der Waals surface area contributed by atoms with Gasteiger partial charge < -0.3 is 0 Å². The van der Waals surface area contributed by atoms with Gasteiger partial charge in [-0.1, -0.05) is 26.0 Å². The molecule has 0 aromatic heterocycles. The molecule has 0 atom stereocenters. The van der Waals surface area contributed by atoms with E-state index in [1.54, 1.807) is 6.34 Å². The van der Waals surface area contributed by atoms with Crippen LogP contribution in [0.2, 0.25) is 0 Å². The zero-order valence-corrected chi connectivity index (χ0v) is 8.49. The summed E-state index contributed by atoms with van der Waals surface area (Å²) in [5.74, 6) is 0.573. The van der Waals surface area contributed by atoms with Gasteiger partial charge in [-0.2, -0.15) is 0 Å². The van der Waals surface area contributed by atoms with Crippen molar-refractivity contribution in [2.45, 2.75) is 20.8 Å². The lowest BCUT2D eigenvalue weighted by Crippen LogP contribution is -1.95. The van der Waals surface area contributed by atoms with Gasteiger partial charge in [-0.3, -0.25) is 4.99 Å². The lowest BCUT2D eigenvalue weighted by molar-refractivity contribution is 0.790.